The SMILES string of the molecule is COC(=O)/C=C/SC(C)(C)C. The van der Waals surface area contributed by atoms with Crippen molar-refractivity contribution in [2.45, 2.75) is 25.5 Å². The van der Waals surface area contributed by atoms with Gasteiger partial charge in [-0.25, -0.2) is 4.79 Å². The van der Waals surface area contributed by atoms with Gasteiger partial charge in [0.15, 0.2) is 0 Å². The first kappa shape index (κ1) is 10.6. The van der Waals surface area contributed by atoms with E-state index >= 15 is 0 Å². The lowest BCUT2D eigenvalue weighted by atomic mass is 10.3. The van der Waals surface area contributed by atoms with E-state index in [4.69, 9.17) is 0 Å². The van der Waals surface area contributed by atoms with Crippen molar-refractivity contribution in [1.29, 1.82) is 0 Å². The fraction of sp³-hybridized carbons (Fsp3) is 0.625. The van der Waals surface area contributed by atoms with Crippen molar-refractivity contribution < 1.29 is 9.53 Å². The molecule has 0 rings (SSSR count). The number of rotatable bonds is 2. The molecule has 0 saturated heterocycles. The van der Waals surface area contributed by atoms with Crippen LogP contribution in [0.1, 0.15) is 20.8 Å². The molecular formula is C8H14O2S. The Morgan fingerprint density at radius 3 is 2.36 bits per heavy atom. The van der Waals surface area contributed by atoms with Crippen LogP contribution in [0.3, 0.4) is 0 Å². The average Bonchev–Trinajstić information content (AvgIpc) is 1.85. The number of hydrogen-bond donors (Lipinski definition) is 0. The highest BCUT2D eigenvalue weighted by Gasteiger charge is 2.07. The minimum atomic E-state index is -0.304. The van der Waals surface area contributed by atoms with Gasteiger partial charge in [0.05, 0.1) is 7.11 Å². The van der Waals surface area contributed by atoms with Crippen LogP contribution in [-0.4, -0.2) is 17.8 Å². The van der Waals surface area contributed by atoms with Gasteiger partial charge in [-0.05, 0) is 5.41 Å². The smallest absolute Gasteiger partial charge is 0.330 e. The molecule has 0 heterocycles. The van der Waals surface area contributed by atoms with Crippen molar-refractivity contribution in [3.63, 3.8) is 0 Å². The highest BCUT2D eigenvalue weighted by atomic mass is 32.2. The fourth-order valence-electron chi connectivity index (χ4n) is 0.362. The van der Waals surface area contributed by atoms with Crippen LogP contribution in [0.25, 0.3) is 0 Å². The van der Waals surface area contributed by atoms with E-state index in [0.29, 0.717) is 0 Å². The van der Waals surface area contributed by atoms with Gasteiger partial charge in [0.25, 0.3) is 0 Å². The van der Waals surface area contributed by atoms with Gasteiger partial charge in [-0.3, -0.25) is 0 Å². The molecule has 0 aromatic rings. The number of carbonyl (C=O) groups excluding carboxylic acids is 1. The van der Waals surface area contributed by atoms with Crippen molar-refractivity contribution in [3.05, 3.63) is 11.5 Å². The predicted octanol–water partition coefficient (Wildman–Crippen LogP) is 2.20. The lowest BCUT2D eigenvalue weighted by molar-refractivity contribution is -0.134. The van der Waals surface area contributed by atoms with E-state index in [0.717, 1.165) is 0 Å². The molecule has 0 saturated carbocycles. The van der Waals surface area contributed by atoms with Crippen LogP contribution < -0.4 is 0 Å². The molecule has 0 unspecified atom stereocenters. The molecule has 0 spiro atoms. The molecule has 64 valence electrons. The molecule has 0 aromatic carbocycles. The Labute approximate surface area is 72.0 Å². The fourth-order valence-corrected chi connectivity index (χ4v) is 0.949. The van der Waals surface area contributed by atoms with Gasteiger partial charge in [0.2, 0.25) is 0 Å². The third-order valence-corrected chi connectivity index (χ3v) is 1.81. The lowest BCUT2D eigenvalue weighted by Gasteiger charge is -2.13. The largest absolute Gasteiger partial charge is 0.466 e. The molecule has 0 aliphatic carbocycles. The van der Waals surface area contributed by atoms with Crippen LogP contribution >= 0.6 is 11.8 Å². The summed E-state index contributed by atoms with van der Waals surface area (Å²) in [7, 11) is 1.37. The lowest BCUT2D eigenvalue weighted by Crippen LogP contribution is -2.05. The zero-order valence-electron chi connectivity index (χ0n) is 7.38. The summed E-state index contributed by atoms with van der Waals surface area (Å²) in [5.41, 5.74) is 0. The normalized spacial score (nSPS) is 12.0. The van der Waals surface area contributed by atoms with E-state index in [1.807, 2.05) is 0 Å². The average molecular weight is 174 g/mol. The summed E-state index contributed by atoms with van der Waals surface area (Å²) in [4.78, 5) is 10.6. The standard InChI is InChI=1S/C8H14O2S/c1-8(2,3)11-6-5-7(9)10-4/h5-6H,1-4H3/b6-5+. The van der Waals surface area contributed by atoms with Gasteiger partial charge in [0.1, 0.15) is 0 Å². The quantitative estimate of drug-likeness (QED) is 0.474. The molecule has 2 nitrogen and oxygen atoms in total. The molecular weight excluding hydrogens is 160 g/mol. The van der Waals surface area contributed by atoms with Gasteiger partial charge in [0, 0.05) is 10.8 Å². The van der Waals surface area contributed by atoms with E-state index in [1.165, 1.54) is 13.2 Å². The maximum atomic E-state index is 10.6. The Balaban J connectivity index is 3.70. The molecule has 0 radical (unpaired) electrons. The van der Waals surface area contributed by atoms with Crippen molar-refractivity contribution in [1.82, 2.24) is 0 Å². The zero-order valence-corrected chi connectivity index (χ0v) is 8.20. The van der Waals surface area contributed by atoms with E-state index in [1.54, 1.807) is 17.2 Å². The summed E-state index contributed by atoms with van der Waals surface area (Å²) in [6.45, 7) is 6.25. The predicted molar refractivity (Wildman–Crippen MR) is 48.5 cm³/mol. The minimum Gasteiger partial charge on any atom is -0.466 e. The zero-order chi connectivity index (χ0) is 8.91. The van der Waals surface area contributed by atoms with Crippen molar-refractivity contribution in [2.75, 3.05) is 7.11 Å². The molecule has 0 N–H and O–H groups in total. The summed E-state index contributed by atoms with van der Waals surface area (Å²) < 4.78 is 4.58. The minimum absolute atomic E-state index is 0.157. The summed E-state index contributed by atoms with van der Waals surface area (Å²) in [6.07, 6.45) is 1.43. The number of hydrogen-bond acceptors (Lipinski definition) is 3. The van der Waals surface area contributed by atoms with E-state index < -0.39 is 0 Å². The Bertz CT molecular complexity index is 156. The number of thioether (sulfide) groups is 1. The van der Waals surface area contributed by atoms with E-state index in [9.17, 15) is 4.79 Å². The van der Waals surface area contributed by atoms with Gasteiger partial charge >= 0.3 is 5.97 Å². The summed E-state index contributed by atoms with van der Waals surface area (Å²) in [6, 6.07) is 0. The highest BCUT2D eigenvalue weighted by molar-refractivity contribution is 8.03. The Morgan fingerprint density at radius 2 is 2.00 bits per heavy atom. The molecule has 3 heteroatoms. The van der Waals surface area contributed by atoms with Crippen LogP contribution in [0, 0.1) is 0 Å². The Morgan fingerprint density at radius 1 is 1.45 bits per heavy atom. The first-order valence-corrected chi connectivity index (χ1v) is 4.26. The molecule has 0 atom stereocenters. The molecule has 0 fully saturated rings. The van der Waals surface area contributed by atoms with Crippen LogP contribution in [-0.2, 0) is 9.53 Å². The van der Waals surface area contributed by atoms with Gasteiger partial charge in [-0.1, -0.05) is 20.8 Å². The number of esters is 1. The first-order valence-electron chi connectivity index (χ1n) is 3.38. The van der Waals surface area contributed by atoms with Crippen LogP contribution in [0.5, 0.6) is 0 Å². The maximum absolute atomic E-state index is 10.6. The van der Waals surface area contributed by atoms with E-state index in [2.05, 4.69) is 25.5 Å². The van der Waals surface area contributed by atoms with Crippen LogP contribution in [0.15, 0.2) is 11.5 Å². The second kappa shape index (κ2) is 4.44. The molecule has 0 aliphatic rings. The topological polar surface area (TPSA) is 26.3 Å². The molecule has 0 bridgehead atoms. The third-order valence-electron chi connectivity index (χ3n) is 0.827. The molecule has 0 aromatic heterocycles. The summed E-state index contributed by atoms with van der Waals surface area (Å²) >= 11 is 1.60. The number of methoxy groups -OCH3 is 1. The van der Waals surface area contributed by atoms with Crippen molar-refractivity contribution in [3.8, 4) is 0 Å². The third kappa shape index (κ3) is 7.46. The Hall–Kier alpha value is -0.440. The van der Waals surface area contributed by atoms with Crippen LogP contribution in [0.4, 0.5) is 0 Å². The summed E-state index contributed by atoms with van der Waals surface area (Å²) in [5.74, 6) is -0.304. The van der Waals surface area contributed by atoms with Gasteiger partial charge in [-0.15, -0.1) is 11.8 Å². The molecule has 0 aliphatic heterocycles. The second-order valence-corrected chi connectivity index (χ2v) is 4.79. The van der Waals surface area contributed by atoms with Gasteiger partial charge < -0.3 is 4.74 Å². The number of carbonyl (C=O) groups is 1. The van der Waals surface area contributed by atoms with Crippen molar-refractivity contribution in [2.24, 2.45) is 0 Å². The summed E-state index contributed by atoms with van der Waals surface area (Å²) in [5, 5.41) is 1.76. The second-order valence-electron chi connectivity index (χ2n) is 3.06. The monoisotopic (exact) mass is 174 g/mol. The molecule has 11 heavy (non-hydrogen) atoms. The number of ether oxygens (including phenoxy) is 1. The first-order chi connectivity index (χ1) is 4.95. The Kier molecular flexibility index (Phi) is 4.26. The van der Waals surface area contributed by atoms with Crippen LogP contribution in [0.2, 0.25) is 0 Å². The molecule has 0 amide bonds. The van der Waals surface area contributed by atoms with Gasteiger partial charge in [-0.2, -0.15) is 0 Å². The highest BCUT2D eigenvalue weighted by Crippen LogP contribution is 2.23. The maximum Gasteiger partial charge on any atom is 0.330 e. The van der Waals surface area contributed by atoms with E-state index in [-0.39, 0.29) is 10.7 Å². The van der Waals surface area contributed by atoms with Crippen molar-refractivity contribution >= 4 is 17.7 Å².